The predicted octanol–water partition coefficient (Wildman–Crippen LogP) is 2.83. The van der Waals surface area contributed by atoms with Crippen LogP contribution in [0.25, 0.3) is 5.69 Å². The average molecular weight is 399 g/mol. The average Bonchev–Trinajstić information content (AvgIpc) is 3.28. The number of esters is 1. The van der Waals surface area contributed by atoms with E-state index in [0.29, 0.717) is 22.1 Å². The highest BCUT2D eigenvalue weighted by Crippen LogP contribution is 2.22. The number of ether oxygens (including phenoxy) is 1. The van der Waals surface area contributed by atoms with Crippen molar-refractivity contribution in [2.45, 2.75) is 20.0 Å². The second-order valence-corrected chi connectivity index (χ2v) is 6.60. The monoisotopic (exact) mass is 399 g/mol. The third-order valence-electron chi connectivity index (χ3n) is 3.70. The van der Waals surface area contributed by atoms with Gasteiger partial charge in [-0.15, -0.1) is 16.4 Å². The zero-order valence-electron chi connectivity index (χ0n) is 14.8. The zero-order chi connectivity index (χ0) is 20.3. The normalized spacial score (nSPS) is 11.5. The summed E-state index contributed by atoms with van der Waals surface area (Å²) < 4.78 is 19.5. The van der Waals surface area contributed by atoms with Crippen molar-refractivity contribution in [1.82, 2.24) is 14.8 Å². The van der Waals surface area contributed by atoms with Crippen molar-refractivity contribution in [3.8, 4) is 11.8 Å². The molecule has 3 aromatic rings. The topological polar surface area (TPSA) is 110 Å². The first-order chi connectivity index (χ1) is 13.4. The van der Waals surface area contributed by atoms with Gasteiger partial charge in [-0.2, -0.15) is 5.26 Å². The smallest absolute Gasteiger partial charge is 0.379 e. The van der Waals surface area contributed by atoms with Crippen LogP contribution in [-0.2, 0) is 9.53 Å². The SMILES string of the molecule is Cc1nc(C(=O)OC(C)C(=O)Nc2sccc2C#N)nn1-c1ccc(F)cc1. The van der Waals surface area contributed by atoms with Crippen molar-refractivity contribution < 1.29 is 18.7 Å². The van der Waals surface area contributed by atoms with Crippen LogP contribution in [0.5, 0.6) is 0 Å². The van der Waals surface area contributed by atoms with Gasteiger partial charge < -0.3 is 10.1 Å². The van der Waals surface area contributed by atoms with E-state index in [0.717, 1.165) is 0 Å². The standard InChI is InChI=1S/C18H14FN5O3S/c1-10(16(25)22-17-12(9-20)7-8-28-17)27-18(26)15-21-11(2)24(23-15)14-5-3-13(19)4-6-14/h3-8,10H,1-2H3,(H,22,25). The highest BCUT2D eigenvalue weighted by Gasteiger charge is 2.24. The molecule has 1 unspecified atom stereocenters. The number of nitrogens with zero attached hydrogens (tertiary/aromatic N) is 4. The summed E-state index contributed by atoms with van der Waals surface area (Å²) in [5, 5.41) is 17.6. The number of hydrogen-bond acceptors (Lipinski definition) is 7. The van der Waals surface area contributed by atoms with Gasteiger partial charge in [0.25, 0.3) is 11.7 Å². The van der Waals surface area contributed by atoms with Crippen molar-refractivity contribution in [2.75, 3.05) is 5.32 Å². The zero-order valence-corrected chi connectivity index (χ0v) is 15.7. The summed E-state index contributed by atoms with van der Waals surface area (Å²) in [6.07, 6.45) is -1.13. The molecule has 0 bridgehead atoms. The lowest BCUT2D eigenvalue weighted by atomic mass is 10.3. The fourth-order valence-electron chi connectivity index (χ4n) is 2.28. The number of benzene rings is 1. The van der Waals surface area contributed by atoms with E-state index in [2.05, 4.69) is 15.4 Å². The van der Waals surface area contributed by atoms with Crippen LogP contribution < -0.4 is 5.32 Å². The minimum absolute atomic E-state index is 0.227. The van der Waals surface area contributed by atoms with Crippen LogP contribution in [0.2, 0.25) is 0 Å². The summed E-state index contributed by atoms with van der Waals surface area (Å²) in [6.45, 7) is 3.03. The molecule has 0 aliphatic rings. The van der Waals surface area contributed by atoms with Crippen LogP contribution in [0, 0.1) is 24.1 Å². The van der Waals surface area contributed by atoms with Gasteiger partial charge in [-0.1, -0.05) is 0 Å². The Balaban J connectivity index is 1.69. The van der Waals surface area contributed by atoms with Crippen LogP contribution >= 0.6 is 11.3 Å². The highest BCUT2D eigenvalue weighted by molar-refractivity contribution is 7.14. The van der Waals surface area contributed by atoms with Crippen molar-refractivity contribution >= 4 is 28.2 Å². The van der Waals surface area contributed by atoms with E-state index < -0.39 is 23.8 Å². The maximum atomic E-state index is 13.1. The summed E-state index contributed by atoms with van der Waals surface area (Å²) in [7, 11) is 0. The van der Waals surface area contributed by atoms with E-state index >= 15 is 0 Å². The first kappa shape index (κ1) is 19.2. The molecule has 3 rings (SSSR count). The minimum atomic E-state index is -1.13. The second-order valence-electron chi connectivity index (χ2n) is 5.68. The number of aromatic nitrogens is 3. The molecule has 2 heterocycles. The summed E-state index contributed by atoms with van der Waals surface area (Å²) in [5.41, 5.74) is 0.852. The molecule has 0 spiro atoms. The van der Waals surface area contributed by atoms with Gasteiger partial charge in [-0.3, -0.25) is 4.79 Å². The number of halogens is 1. The minimum Gasteiger partial charge on any atom is -0.447 e. The lowest BCUT2D eigenvalue weighted by molar-refractivity contribution is -0.123. The molecule has 0 radical (unpaired) electrons. The van der Waals surface area contributed by atoms with Crippen molar-refractivity contribution in [3.63, 3.8) is 0 Å². The molecule has 1 amide bonds. The number of rotatable bonds is 5. The molecule has 142 valence electrons. The fourth-order valence-corrected chi connectivity index (χ4v) is 3.02. The second kappa shape index (κ2) is 7.98. The lowest BCUT2D eigenvalue weighted by Gasteiger charge is -2.11. The van der Waals surface area contributed by atoms with Crippen molar-refractivity contribution in [2.24, 2.45) is 0 Å². The Hall–Kier alpha value is -3.58. The van der Waals surface area contributed by atoms with E-state index in [4.69, 9.17) is 10.00 Å². The molecule has 0 saturated heterocycles. The molecular formula is C18H14FN5O3S. The lowest BCUT2D eigenvalue weighted by Crippen LogP contribution is -2.30. The number of nitrogens with one attached hydrogen (secondary N) is 1. The summed E-state index contributed by atoms with van der Waals surface area (Å²) in [4.78, 5) is 28.5. The number of aryl methyl sites for hydroxylation is 1. The molecular weight excluding hydrogens is 385 g/mol. The van der Waals surface area contributed by atoms with Gasteiger partial charge in [0.2, 0.25) is 0 Å². The van der Waals surface area contributed by atoms with Crippen LogP contribution in [0.15, 0.2) is 35.7 Å². The Morgan fingerprint density at radius 2 is 2.04 bits per heavy atom. The summed E-state index contributed by atoms with van der Waals surface area (Å²) >= 11 is 1.19. The number of thiophene rings is 1. The summed E-state index contributed by atoms with van der Waals surface area (Å²) in [6, 6.07) is 9.05. The largest absolute Gasteiger partial charge is 0.447 e. The summed E-state index contributed by atoms with van der Waals surface area (Å²) in [5.74, 6) is -1.69. The van der Waals surface area contributed by atoms with Gasteiger partial charge in [0, 0.05) is 0 Å². The first-order valence-electron chi connectivity index (χ1n) is 8.08. The number of hydrogen-bond donors (Lipinski definition) is 1. The highest BCUT2D eigenvalue weighted by atomic mass is 32.1. The van der Waals surface area contributed by atoms with Crippen LogP contribution in [-0.4, -0.2) is 32.7 Å². The number of amides is 1. The maximum Gasteiger partial charge on any atom is 0.379 e. The molecule has 0 fully saturated rings. The molecule has 1 aromatic carbocycles. The molecule has 1 N–H and O–H groups in total. The third kappa shape index (κ3) is 4.05. The number of carbonyl (C=O) groups excluding carboxylic acids is 2. The van der Waals surface area contributed by atoms with E-state index in [1.165, 1.54) is 47.2 Å². The van der Waals surface area contributed by atoms with E-state index in [-0.39, 0.29) is 5.82 Å². The molecule has 0 aliphatic heterocycles. The quantitative estimate of drug-likeness (QED) is 0.661. The van der Waals surface area contributed by atoms with Crippen LogP contribution in [0.4, 0.5) is 9.39 Å². The Kier molecular flexibility index (Phi) is 5.47. The number of carbonyl (C=O) groups is 2. The fraction of sp³-hybridized carbons (Fsp3) is 0.167. The molecule has 28 heavy (non-hydrogen) atoms. The Morgan fingerprint density at radius 1 is 1.32 bits per heavy atom. The number of anilines is 1. The molecule has 2 aromatic heterocycles. The van der Waals surface area contributed by atoms with E-state index in [9.17, 15) is 14.0 Å². The van der Waals surface area contributed by atoms with Gasteiger partial charge in [-0.05, 0) is 49.6 Å². The van der Waals surface area contributed by atoms with Crippen molar-refractivity contribution in [1.29, 1.82) is 5.26 Å². The Bertz CT molecular complexity index is 1070. The predicted molar refractivity (Wildman–Crippen MR) is 98.6 cm³/mol. The Morgan fingerprint density at radius 3 is 2.71 bits per heavy atom. The molecule has 10 heteroatoms. The van der Waals surface area contributed by atoms with E-state index in [1.54, 1.807) is 18.4 Å². The number of nitriles is 1. The van der Waals surface area contributed by atoms with Crippen molar-refractivity contribution in [3.05, 3.63) is 58.7 Å². The first-order valence-corrected chi connectivity index (χ1v) is 8.96. The molecule has 0 saturated carbocycles. The third-order valence-corrected chi connectivity index (χ3v) is 4.53. The molecule has 0 aliphatic carbocycles. The van der Waals surface area contributed by atoms with Crippen LogP contribution in [0.3, 0.4) is 0 Å². The van der Waals surface area contributed by atoms with Gasteiger partial charge in [0.1, 0.15) is 22.7 Å². The van der Waals surface area contributed by atoms with Gasteiger partial charge in [-0.25, -0.2) is 18.9 Å². The maximum absolute atomic E-state index is 13.1. The van der Waals surface area contributed by atoms with E-state index in [1.807, 2.05) is 6.07 Å². The molecule has 8 nitrogen and oxygen atoms in total. The van der Waals surface area contributed by atoms with Crippen LogP contribution in [0.1, 0.15) is 28.9 Å². The Labute approximate surface area is 163 Å². The van der Waals surface area contributed by atoms with Gasteiger partial charge in [0.05, 0.1) is 11.3 Å². The van der Waals surface area contributed by atoms with Gasteiger partial charge in [0.15, 0.2) is 6.10 Å². The van der Waals surface area contributed by atoms with Gasteiger partial charge >= 0.3 is 5.97 Å². The molecule has 1 atom stereocenters.